The first-order chi connectivity index (χ1) is 8.83. The molecule has 0 rings (SSSR count). The molecule has 135 valence electrons. The minimum absolute atomic E-state index is 0. The summed E-state index contributed by atoms with van der Waals surface area (Å²) in [6.07, 6.45) is -15.3. The van der Waals surface area contributed by atoms with Crippen LogP contribution in [0.2, 0.25) is 0 Å². The van der Waals surface area contributed by atoms with Crippen molar-refractivity contribution in [3.8, 4) is 0 Å². The third kappa shape index (κ3) is 20.7. The van der Waals surface area contributed by atoms with E-state index in [1.165, 1.54) is 0 Å². The quantitative estimate of drug-likeness (QED) is 0.410. The van der Waals surface area contributed by atoms with E-state index in [1.807, 2.05) is 0 Å². The summed E-state index contributed by atoms with van der Waals surface area (Å²) >= 11 is 0. The number of aliphatic carboxylic acids is 3. The van der Waals surface area contributed by atoms with Gasteiger partial charge in [-0.3, -0.25) is 0 Å². The molecule has 0 saturated heterocycles. The predicted molar refractivity (Wildman–Crippen MR) is 41.1 cm³/mol. The van der Waals surface area contributed by atoms with Crippen LogP contribution in [0.5, 0.6) is 0 Å². The molecule has 3 N–H and O–H groups in total. The van der Waals surface area contributed by atoms with Gasteiger partial charge in [0.1, 0.15) is 0 Å². The first kappa shape index (κ1) is 28.6. The van der Waals surface area contributed by atoms with Crippen LogP contribution >= 0.6 is 0 Å². The predicted octanol–water partition coefficient (Wildman–Crippen LogP) is 1.90. The Balaban J connectivity index is -0.000000108. The van der Waals surface area contributed by atoms with E-state index >= 15 is 0 Å². The zero-order chi connectivity index (χ0) is 18.2. The van der Waals surface area contributed by atoms with Gasteiger partial charge < -0.3 is 15.3 Å². The van der Waals surface area contributed by atoms with Crippen LogP contribution in [0.15, 0.2) is 0 Å². The molecule has 0 bridgehead atoms. The Morgan fingerprint density at radius 3 is 0.545 bits per heavy atom. The molecule has 1 radical (unpaired) electrons. The van der Waals surface area contributed by atoms with Crippen LogP contribution in [0.4, 0.5) is 39.5 Å². The summed E-state index contributed by atoms with van der Waals surface area (Å²) in [5.74, 6) is -8.27. The van der Waals surface area contributed by atoms with Crippen molar-refractivity contribution in [2.75, 3.05) is 0 Å². The van der Waals surface area contributed by atoms with E-state index in [9.17, 15) is 39.5 Å². The maximum Gasteiger partial charge on any atom is 0.490 e. The van der Waals surface area contributed by atoms with Gasteiger partial charge in [-0.15, -0.1) is 0 Å². The number of halogens is 9. The van der Waals surface area contributed by atoms with Gasteiger partial charge in [0.2, 0.25) is 0 Å². The molecule has 0 fully saturated rings. The van der Waals surface area contributed by atoms with Gasteiger partial charge in [0.15, 0.2) is 0 Å². The van der Waals surface area contributed by atoms with Crippen LogP contribution in [-0.4, -0.2) is 51.8 Å². The Morgan fingerprint density at radius 1 is 0.500 bits per heavy atom. The Bertz CT molecular complexity index is 313. The van der Waals surface area contributed by atoms with Gasteiger partial charge in [-0.25, -0.2) is 14.4 Å². The topological polar surface area (TPSA) is 112 Å². The fourth-order valence-corrected chi connectivity index (χ4v) is 0. The molecule has 0 aromatic heterocycles. The molecule has 16 heteroatoms. The second-order valence-corrected chi connectivity index (χ2v) is 2.41. The van der Waals surface area contributed by atoms with Crippen molar-refractivity contribution in [3.05, 3.63) is 0 Å². The van der Waals surface area contributed by atoms with Crippen molar-refractivity contribution >= 4 is 17.9 Å². The average Bonchev–Trinajstić information content (AvgIpc) is 2.14. The van der Waals surface area contributed by atoms with E-state index in [4.69, 9.17) is 29.7 Å². The molecule has 0 aliphatic carbocycles. The summed E-state index contributed by atoms with van der Waals surface area (Å²) in [6, 6.07) is 0. The van der Waals surface area contributed by atoms with Gasteiger partial charge in [-0.05, 0) is 0 Å². The van der Waals surface area contributed by atoms with Gasteiger partial charge >= 0.3 is 36.4 Å². The number of hydrogen-bond donors (Lipinski definition) is 3. The average molecular weight is 534 g/mol. The number of carboxylic acid groups (broad SMARTS) is 3. The van der Waals surface area contributed by atoms with Crippen LogP contribution in [0, 0.1) is 0 Å². The summed E-state index contributed by atoms with van der Waals surface area (Å²) in [5.41, 5.74) is 0. The minimum Gasteiger partial charge on any atom is -0.475 e. The normalized spacial score (nSPS) is 10.8. The minimum atomic E-state index is -5.08. The molecule has 6 nitrogen and oxygen atoms in total. The number of rotatable bonds is 0. The second kappa shape index (κ2) is 10.2. The van der Waals surface area contributed by atoms with E-state index in [2.05, 4.69) is 0 Å². The van der Waals surface area contributed by atoms with Gasteiger partial charge in [-0.2, -0.15) is 39.5 Å². The van der Waals surface area contributed by atoms with Crippen molar-refractivity contribution in [1.29, 1.82) is 0 Å². The Hall–Kier alpha value is -1.57. The summed E-state index contributed by atoms with van der Waals surface area (Å²) in [5, 5.41) is 21.4. The van der Waals surface area contributed by atoms with Gasteiger partial charge in [0, 0.05) is 20.1 Å². The van der Waals surface area contributed by atoms with Crippen molar-refractivity contribution in [1.82, 2.24) is 0 Å². The molecular weight excluding hydrogens is 531 g/mol. The molecule has 0 amide bonds. The largest absolute Gasteiger partial charge is 0.490 e. The van der Waals surface area contributed by atoms with Gasteiger partial charge in [-0.1, -0.05) is 0 Å². The molecule has 0 aromatic carbocycles. The maximum atomic E-state index is 10.6. The molecular formula is C6H3F9IrO6. The zero-order valence-electron chi connectivity index (χ0n) is 9.30. The molecule has 0 heterocycles. The standard InChI is InChI=1S/3C2HF3O2.Ir/c3*3-2(4,5)1(6)7;/h3*(H,6,7);. The van der Waals surface area contributed by atoms with Crippen molar-refractivity contribution in [2.45, 2.75) is 18.5 Å². The molecule has 0 aliphatic rings. The third-order valence-electron chi connectivity index (χ3n) is 0.728. The van der Waals surface area contributed by atoms with Crippen LogP contribution in [0.1, 0.15) is 0 Å². The Labute approximate surface area is 126 Å². The van der Waals surface area contributed by atoms with Crippen molar-refractivity contribution in [3.63, 3.8) is 0 Å². The van der Waals surface area contributed by atoms with E-state index in [-0.39, 0.29) is 20.1 Å². The van der Waals surface area contributed by atoms with E-state index in [1.54, 1.807) is 0 Å². The van der Waals surface area contributed by atoms with Gasteiger partial charge in [0.25, 0.3) is 0 Å². The Morgan fingerprint density at radius 2 is 0.545 bits per heavy atom. The second-order valence-electron chi connectivity index (χ2n) is 2.41. The van der Waals surface area contributed by atoms with Crippen molar-refractivity contribution in [2.24, 2.45) is 0 Å². The fraction of sp³-hybridized carbons (Fsp3) is 0.500. The smallest absolute Gasteiger partial charge is 0.475 e. The zero-order valence-corrected chi connectivity index (χ0v) is 11.7. The summed E-state index contributed by atoms with van der Waals surface area (Å²) in [4.78, 5) is 26.7. The summed E-state index contributed by atoms with van der Waals surface area (Å²) in [7, 11) is 0. The van der Waals surface area contributed by atoms with Crippen LogP contribution < -0.4 is 0 Å². The van der Waals surface area contributed by atoms with Gasteiger partial charge in [0.05, 0.1) is 0 Å². The number of hydrogen-bond acceptors (Lipinski definition) is 3. The third-order valence-corrected chi connectivity index (χ3v) is 0.728. The molecule has 0 unspecified atom stereocenters. The fourth-order valence-electron chi connectivity index (χ4n) is 0. The molecule has 0 aliphatic heterocycles. The van der Waals surface area contributed by atoms with E-state index in [0.29, 0.717) is 0 Å². The first-order valence-corrected chi connectivity index (χ1v) is 3.73. The van der Waals surface area contributed by atoms with Crippen LogP contribution in [-0.2, 0) is 34.5 Å². The summed E-state index contributed by atoms with van der Waals surface area (Å²) in [6.45, 7) is 0. The molecule has 0 saturated carbocycles. The first-order valence-electron chi connectivity index (χ1n) is 3.73. The number of carboxylic acids is 3. The summed E-state index contributed by atoms with van der Waals surface area (Å²) < 4.78 is 95.2. The SMILES string of the molecule is O=C(O)C(F)(F)F.O=C(O)C(F)(F)F.O=C(O)C(F)(F)F.[Ir]. The van der Waals surface area contributed by atoms with E-state index in [0.717, 1.165) is 0 Å². The van der Waals surface area contributed by atoms with Crippen LogP contribution in [0.3, 0.4) is 0 Å². The molecule has 22 heavy (non-hydrogen) atoms. The Kier molecular flexibility index (Phi) is 13.3. The van der Waals surface area contributed by atoms with E-state index < -0.39 is 36.4 Å². The maximum absolute atomic E-state index is 10.6. The molecule has 0 atom stereocenters. The molecule has 0 spiro atoms. The molecule has 0 aromatic rings. The van der Waals surface area contributed by atoms with Crippen molar-refractivity contribution < 1.29 is 89.3 Å². The van der Waals surface area contributed by atoms with Crippen LogP contribution in [0.25, 0.3) is 0 Å². The number of carbonyl (C=O) groups is 3. The monoisotopic (exact) mass is 535 g/mol. The number of alkyl halides is 9.